The molecule has 2 atom stereocenters. The smallest absolute Gasteiger partial charge is 0.216 e. The van der Waals surface area contributed by atoms with Crippen LogP contribution in [0.1, 0.15) is 47.0 Å². The second-order valence-electron chi connectivity index (χ2n) is 6.38. The maximum atomic E-state index is 12.4. The van der Waals surface area contributed by atoms with Gasteiger partial charge in [-0.1, -0.05) is 32.9 Å². The van der Waals surface area contributed by atoms with E-state index in [0.29, 0.717) is 43.7 Å². The van der Waals surface area contributed by atoms with E-state index in [1.807, 2.05) is 20.8 Å². The number of sulfonamides is 1. The van der Waals surface area contributed by atoms with Crippen LogP contribution >= 0.6 is 0 Å². The van der Waals surface area contributed by atoms with E-state index in [1.165, 1.54) is 9.31 Å². The van der Waals surface area contributed by atoms with Gasteiger partial charge < -0.3 is 10.8 Å². The van der Waals surface area contributed by atoms with Crippen LogP contribution in [0.25, 0.3) is 0 Å². The van der Waals surface area contributed by atoms with E-state index in [4.69, 9.17) is 11.6 Å². The number of hydrazine groups is 1. The molecule has 0 aliphatic carbocycles. The molecule has 1 aromatic carbocycles. The van der Waals surface area contributed by atoms with Gasteiger partial charge in [0.2, 0.25) is 10.0 Å². The summed E-state index contributed by atoms with van der Waals surface area (Å²) >= 11 is 0. The molecule has 26 heavy (non-hydrogen) atoms. The van der Waals surface area contributed by atoms with Crippen LogP contribution in [-0.2, 0) is 10.0 Å². The lowest BCUT2D eigenvalue weighted by Crippen LogP contribution is -2.50. The van der Waals surface area contributed by atoms with Crippen LogP contribution in [0.5, 0.6) is 0 Å². The summed E-state index contributed by atoms with van der Waals surface area (Å²) in [6.07, 6.45) is 0.826. The Kier molecular flexibility index (Phi) is 8.82. The Labute approximate surface area is 158 Å². The molecule has 1 fully saturated rings. The normalized spacial score (nSPS) is 18.5. The van der Waals surface area contributed by atoms with Gasteiger partial charge in [0.1, 0.15) is 6.23 Å². The van der Waals surface area contributed by atoms with Gasteiger partial charge in [0.05, 0.1) is 16.6 Å². The van der Waals surface area contributed by atoms with Gasteiger partial charge in [-0.3, -0.25) is 5.01 Å². The third-order valence-corrected chi connectivity index (χ3v) is 7.30. The highest BCUT2D eigenvalue weighted by molar-refractivity contribution is 7.89. The Morgan fingerprint density at radius 3 is 2.31 bits per heavy atom. The minimum absolute atomic E-state index is 0.0991. The molecular formula is C18H34N4O3S. The fourth-order valence-electron chi connectivity index (χ4n) is 2.99. The Hall–Kier alpha value is -1.35. The Morgan fingerprint density at radius 1 is 1.27 bits per heavy atom. The first-order chi connectivity index (χ1) is 12.3. The number of aliphatic hydroxyl groups excluding tert-OH is 1. The molecule has 0 saturated carbocycles. The zero-order chi connectivity index (χ0) is 19.9. The molecule has 7 nitrogen and oxygen atoms in total. The molecule has 8 heteroatoms. The minimum Gasteiger partial charge on any atom is -0.397 e. The van der Waals surface area contributed by atoms with Gasteiger partial charge in [-0.15, -0.1) is 0 Å². The summed E-state index contributed by atoms with van der Waals surface area (Å²) in [5, 5.41) is 11.4. The van der Waals surface area contributed by atoms with E-state index < -0.39 is 16.3 Å². The van der Waals surface area contributed by atoms with E-state index in [2.05, 4.69) is 0 Å². The number of anilines is 2. The van der Waals surface area contributed by atoms with Crippen molar-refractivity contribution >= 4 is 21.4 Å². The second-order valence-corrected chi connectivity index (χ2v) is 8.73. The topological polar surface area (TPSA) is 113 Å². The third kappa shape index (κ3) is 5.09. The first-order valence-electron chi connectivity index (χ1n) is 9.34. The highest BCUT2D eigenvalue weighted by atomic mass is 32.2. The Bertz CT molecular complexity index is 646. The quantitative estimate of drug-likeness (QED) is 0.299. The summed E-state index contributed by atoms with van der Waals surface area (Å²) in [6.45, 7) is 8.42. The number of hydrogen-bond donors (Lipinski definition) is 3. The fraction of sp³-hybridized carbons (Fsp3) is 0.667. The standard InChI is InChI=1S/C16H28N4O3S.C2H6/c1-3-12(2)24(22,23)19-10-8-13(9-11-19)16(21)20(18)15-7-5-4-6-14(15)17;1-2/h4-7,12-13,16,21H,3,8-11,17-18H2,1-2H3;1-2H3. The van der Waals surface area contributed by atoms with Crippen molar-refractivity contribution in [1.29, 1.82) is 0 Å². The molecule has 0 radical (unpaired) electrons. The molecule has 2 rings (SSSR count). The van der Waals surface area contributed by atoms with Crippen molar-refractivity contribution in [1.82, 2.24) is 4.31 Å². The largest absolute Gasteiger partial charge is 0.397 e. The first-order valence-corrected chi connectivity index (χ1v) is 10.8. The van der Waals surface area contributed by atoms with Crippen molar-refractivity contribution in [2.45, 2.75) is 58.4 Å². The molecule has 1 aromatic rings. The molecular weight excluding hydrogens is 352 g/mol. The molecule has 1 aliphatic heterocycles. The molecule has 1 heterocycles. The molecule has 0 bridgehead atoms. The van der Waals surface area contributed by atoms with Gasteiger partial charge in [0, 0.05) is 19.0 Å². The first kappa shape index (κ1) is 22.7. The molecule has 150 valence electrons. The number of benzene rings is 1. The number of aliphatic hydroxyl groups is 1. The monoisotopic (exact) mass is 386 g/mol. The van der Waals surface area contributed by atoms with Gasteiger partial charge in [-0.25, -0.2) is 18.6 Å². The van der Waals surface area contributed by atoms with E-state index in [0.717, 1.165) is 0 Å². The van der Waals surface area contributed by atoms with Crippen molar-refractivity contribution in [2.24, 2.45) is 11.8 Å². The summed E-state index contributed by atoms with van der Waals surface area (Å²) in [7, 11) is -3.25. The van der Waals surface area contributed by atoms with Crippen LogP contribution in [-0.4, -0.2) is 42.4 Å². The van der Waals surface area contributed by atoms with Crippen molar-refractivity contribution < 1.29 is 13.5 Å². The van der Waals surface area contributed by atoms with Gasteiger partial charge >= 0.3 is 0 Å². The average Bonchev–Trinajstić information content (AvgIpc) is 2.68. The van der Waals surface area contributed by atoms with Gasteiger partial charge in [0.15, 0.2) is 0 Å². The number of nitrogen functional groups attached to an aromatic ring is 1. The summed E-state index contributed by atoms with van der Waals surface area (Å²) in [6, 6.07) is 7.08. The lowest BCUT2D eigenvalue weighted by atomic mass is 9.95. The predicted molar refractivity (Wildman–Crippen MR) is 108 cm³/mol. The highest BCUT2D eigenvalue weighted by Gasteiger charge is 2.35. The molecule has 1 aliphatic rings. The third-order valence-electron chi connectivity index (χ3n) is 4.86. The van der Waals surface area contributed by atoms with Gasteiger partial charge in [0.25, 0.3) is 0 Å². The lowest BCUT2D eigenvalue weighted by molar-refractivity contribution is 0.0726. The lowest BCUT2D eigenvalue weighted by Gasteiger charge is -2.38. The molecule has 2 unspecified atom stereocenters. The fourth-order valence-corrected chi connectivity index (χ4v) is 4.64. The van der Waals surface area contributed by atoms with Gasteiger partial charge in [-0.2, -0.15) is 0 Å². The number of nitrogens with two attached hydrogens (primary N) is 2. The zero-order valence-corrected chi connectivity index (χ0v) is 17.1. The van der Waals surface area contributed by atoms with Crippen molar-refractivity contribution in [3.05, 3.63) is 24.3 Å². The van der Waals surface area contributed by atoms with Crippen molar-refractivity contribution in [3.63, 3.8) is 0 Å². The van der Waals surface area contributed by atoms with Crippen LogP contribution in [0.15, 0.2) is 24.3 Å². The zero-order valence-electron chi connectivity index (χ0n) is 16.3. The maximum Gasteiger partial charge on any atom is 0.216 e. The molecule has 0 aromatic heterocycles. The van der Waals surface area contributed by atoms with Crippen LogP contribution < -0.4 is 16.6 Å². The summed E-state index contributed by atoms with van der Waals surface area (Å²) < 4.78 is 26.3. The van der Waals surface area contributed by atoms with E-state index >= 15 is 0 Å². The molecule has 5 N–H and O–H groups in total. The number of hydrogen-bond acceptors (Lipinski definition) is 6. The van der Waals surface area contributed by atoms with Crippen LogP contribution in [0.2, 0.25) is 0 Å². The van der Waals surface area contributed by atoms with Crippen molar-refractivity contribution in [3.8, 4) is 0 Å². The highest BCUT2D eigenvalue weighted by Crippen LogP contribution is 2.29. The summed E-state index contributed by atoms with van der Waals surface area (Å²) in [4.78, 5) is 0. The predicted octanol–water partition coefficient (Wildman–Crippen LogP) is 2.13. The Balaban J connectivity index is 0.00000163. The maximum absolute atomic E-state index is 12.4. The van der Waals surface area contributed by atoms with E-state index in [9.17, 15) is 13.5 Å². The average molecular weight is 387 g/mol. The second kappa shape index (κ2) is 10.1. The number of piperidine rings is 1. The van der Waals surface area contributed by atoms with Crippen LogP contribution in [0.3, 0.4) is 0 Å². The molecule has 0 spiro atoms. The molecule has 1 saturated heterocycles. The minimum atomic E-state index is -3.25. The van der Waals surface area contributed by atoms with Crippen LogP contribution in [0.4, 0.5) is 11.4 Å². The van der Waals surface area contributed by atoms with E-state index in [1.54, 1.807) is 31.2 Å². The van der Waals surface area contributed by atoms with Crippen molar-refractivity contribution in [2.75, 3.05) is 23.8 Å². The van der Waals surface area contributed by atoms with Gasteiger partial charge in [-0.05, 0) is 38.3 Å². The SMILES string of the molecule is CC.CCC(C)S(=O)(=O)N1CCC(C(O)N(N)c2ccccc2N)CC1. The summed E-state index contributed by atoms with van der Waals surface area (Å²) in [5.41, 5.74) is 6.96. The Morgan fingerprint density at radius 2 is 1.81 bits per heavy atom. The van der Waals surface area contributed by atoms with Crippen LogP contribution in [0, 0.1) is 5.92 Å². The molecule has 0 amide bonds. The number of para-hydroxylation sites is 2. The summed E-state index contributed by atoms with van der Waals surface area (Å²) in [5.74, 6) is 5.93. The number of rotatable bonds is 6. The van der Waals surface area contributed by atoms with E-state index in [-0.39, 0.29) is 11.2 Å². The number of nitrogens with zero attached hydrogens (tertiary/aromatic N) is 2.